The number of phenolic OH excluding ortho intramolecular Hbond substituents is 1. The Kier molecular flexibility index (Phi) is 4.31. The third kappa shape index (κ3) is 3.42. The molecule has 3 nitrogen and oxygen atoms in total. The van der Waals surface area contributed by atoms with Crippen molar-refractivity contribution in [1.29, 1.82) is 0 Å². The number of rotatable bonds is 5. The first-order valence-electron chi connectivity index (χ1n) is 6.26. The first kappa shape index (κ1) is 13.3. The average molecular weight is 255 g/mol. The van der Waals surface area contributed by atoms with Gasteiger partial charge >= 0.3 is 0 Å². The smallest absolute Gasteiger partial charge is 0.145 e. The second kappa shape index (κ2) is 6.16. The summed E-state index contributed by atoms with van der Waals surface area (Å²) in [5.74, 6) is -0.0443. The van der Waals surface area contributed by atoms with Gasteiger partial charge in [-0.05, 0) is 23.3 Å². The van der Waals surface area contributed by atoms with Crippen molar-refractivity contribution in [1.82, 2.24) is 0 Å². The normalized spacial score (nSPS) is 12.1. The molecule has 0 fully saturated rings. The number of hydrogen-bond acceptors (Lipinski definition) is 3. The van der Waals surface area contributed by atoms with E-state index in [0.717, 1.165) is 11.1 Å². The maximum atomic E-state index is 12.3. The van der Waals surface area contributed by atoms with Crippen LogP contribution >= 0.6 is 0 Å². The fraction of sp³-hybridized carbons (Fsp3) is 0.188. The molecule has 0 radical (unpaired) electrons. The lowest BCUT2D eigenvalue weighted by Gasteiger charge is -2.14. The Balaban J connectivity index is 2.14. The number of hydrogen-bond donors (Lipinski definition) is 2. The first-order chi connectivity index (χ1) is 9.20. The van der Waals surface area contributed by atoms with Crippen molar-refractivity contribution in [3.05, 3.63) is 65.7 Å². The summed E-state index contributed by atoms with van der Waals surface area (Å²) in [5, 5.41) is 9.40. The standard InChI is InChI=1S/C16H17NO2/c17-11-15(13-6-2-1-3-7-13)16(19)10-12-5-4-8-14(18)9-12/h1-9,15,18H,10-11,17H2. The van der Waals surface area contributed by atoms with E-state index in [-0.39, 0.29) is 23.9 Å². The van der Waals surface area contributed by atoms with Gasteiger partial charge in [0.2, 0.25) is 0 Å². The van der Waals surface area contributed by atoms with Crippen LogP contribution in [0.25, 0.3) is 0 Å². The van der Waals surface area contributed by atoms with Crippen LogP contribution in [0.4, 0.5) is 0 Å². The molecule has 2 aromatic carbocycles. The zero-order chi connectivity index (χ0) is 13.7. The van der Waals surface area contributed by atoms with Gasteiger partial charge in [-0.3, -0.25) is 4.79 Å². The van der Waals surface area contributed by atoms with Crippen molar-refractivity contribution in [2.75, 3.05) is 6.54 Å². The largest absolute Gasteiger partial charge is 0.508 e. The predicted octanol–water partition coefficient (Wildman–Crippen LogP) is 2.25. The predicted molar refractivity (Wildman–Crippen MR) is 75.1 cm³/mol. The molecule has 0 saturated heterocycles. The molecule has 0 aromatic heterocycles. The molecular weight excluding hydrogens is 238 g/mol. The number of aromatic hydroxyl groups is 1. The maximum absolute atomic E-state index is 12.3. The lowest BCUT2D eigenvalue weighted by atomic mass is 9.91. The Bertz CT molecular complexity index is 552. The molecule has 0 aliphatic rings. The van der Waals surface area contributed by atoms with Gasteiger partial charge in [0.15, 0.2) is 0 Å². The number of nitrogens with two attached hydrogens (primary N) is 1. The van der Waals surface area contributed by atoms with Crippen LogP contribution in [0, 0.1) is 0 Å². The van der Waals surface area contributed by atoms with Crippen LogP contribution in [0.15, 0.2) is 54.6 Å². The highest BCUT2D eigenvalue weighted by Gasteiger charge is 2.18. The van der Waals surface area contributed by atoms with Gasteiger partial charge in [0.05, 0.1) is 5.92 Å². The van der Waals surface area contributed by atoms with Crippen LogP contribution in [0.2, 0.25) is 0 Å². The Labute approximate surface area is 112 Å². The van der Waals surface area contributed by atoms with Crippen molar-refractivity contribution in [3.8, 4) is 5.75 Å². The van der Waals surface area contributed by atoms with Crippen molar-refractivity contribution in [2.24, 2.45) is 5.73 Å². The molecule has 2 rings (SSSR count). The van der Waals surface area contributed by atoms with Crippen molar-refractivity contribution in [3.63, 3.8) is 0 Å². The monoisotopic (exact) mass is 255 g/mol. The van der Waals surface area contributed by atoms with Gasteiger partial charge in [-0.15, -0.1) is 0 Å². The van der Waals surface area contributed by atoms with Crippen LogP contribution in [-0.4, -0.2) is 17.4 Å². The average Bonchev–Trinajstić information content (AvgIpc) is 2.41. The minimum absolute atomic E-state index is 0.0688. The molecular formula is C16H17NO2. The molecule has 0 spiro atoms. The topological polar surface area (TPSA) is 63.3 Å². The molecule has 98 valence electrons. The highest BCUT2D eigenvalue weighted by molar-refractivity contribution is 5.88. The van der Waals surface area contributed by atoms with Crippen molar-refractivity contribution in [2.45, 2.75) is 12.3 Å². The number of carbonyl (C=O) groups is 1. The number of Topliss-reactive ketones (excluding diaryl/α,β-unsaturated/α-hetero) is 1. The van der Waals surface area contributed by atoms with Crippen molar-refractivity contribution >= 4 is 5.78 Å². The van der Waals surface area contributed by atoms with Gasteiger partial charge < -0.3 is 10.8 Å². The molecule has 1 unspecified atom stereocenters. The summed E-state index contributed by atoms with van der Waals surface area (Å²) in [6.07, 6.45) is 0.283. The summed E-state index contributed by atoms with van der Waals surface area (Å²) in [5.41, 5.74) is 7.46. The maximum Gasteiger partial charge on any atom is 0.145 e. The van der Waals surface area contributed by atoms with E-state index in [1.807, 2.05) is 36.4 Å². The zero-order valence-corrected chi connectivity index (χ0v) is 10.6. The Morgan fingerprint density at radius 3 is 2.47 bits per heavy atom. The first-order valence-corrected chi connectivity index (χ1v) is 6.26. The van der Waals surface area contributed by atoms with Crippen LogP contribution < -0.4 is 5.73 Å². The van der Waals surface area contributed by atoms with E-state index in [1.165, 1.54) is 0 Å². The van der Waals surface area contributed by atoms with Gasteiger partial charge in [-0.25, -0.2) is 0 Å². The summed E-state index contributed by atoms with van der Waals surface area (Å²) in [4.78, 5) is 12.3. The summed E-state index contributed by atoms with van der Waals surface area (Å²) in [6.45, 7) is 0.293. The second-order valence-electron chi connectivity index (χ2n) is 4.51. The zero-order valence-electron chi connectivity index (χ0n) is 10.6. The van der Waals surface area contributed by atoms with E-state index in [2.05, 4.69) is 0 Å². The minimum atomic E-state index is -0.288. The second-order valence-corrected chi connectivity index (χ2v) is 4.51. The molecule has 2 aromatic rings. The van der Waals surface area contributed by atoms with E-state index in [0.29, 0.717) is 6.54 Å². The lowest BCUT2D eigenvalue weighted by Crippen LogP contribution is -2.23. The van der Waals surface area contributed by atoms with E-state index >= 15 is 0 Å². The van der Waals surface area contributed by atoms with Crippen molar-refractivity contribution < 1.29 is 9.90 Å². The van der Waals surface area contributed by atoms with Crippen LogP contribution in [0.5, 0.6) is 5.75 Å². The molecule has 0 aliphatic carbocycles. The molecule has 0 amide bonds. The third-order valence-electron chi connectivity index (χ3n) is 3.12. The van der Waals surface area contributed by atoms with E-state index in [1.54, 1.807) is 18.2 Å². The molecule has 0 heterocycles. The lowest BCUT2D eigenvalue weighted by molar-refractivity contribution is -0.119. The summed E-state index contributed by atoms with van der Waals surface area (Å²) >= 11 is 0. The highest BCUT2D eigenvalue weighted by Crippen LogP contribution is 2.19. The summed E-state index contributed by atoms with van der Waals surface area (Å²) < 4.78 is 0. The summed E-state index contributed by atoms with van der Waals surface area (Å²) in [7, 11) is 0. The van der Waals surface area contributed by atoms with E-state index < -0.39 is 0 Å². The van der Waals surface area contributed by atoms with Gasteiger partial charge in [0.25, 0.3) is 0 Å². The van der Waals surface area contributed by atoms with Gasteiger partial charge in [-0.2, -0.15) is 0 Å². The Hall–Kier alpha value is -2.13. The van der Waals surface area contributed by atoms with Crippen LogP contribution in [0.3, 0.4) is 0 Å². The molecule has 0 saturated carbocycles. The number of ketones is 1. The summed E-state index contributed by atoms with van der Waals surface area (Å²) in [6, 6.07) is 16.3. The molecule has 3 N–H and O–H groups in total. The van der Waals surface area contributed by atoms with Crippen LogP contribution in [-0.2, 0) is 11.2 Å². The van der Waals surface area contributed by atoms with Gasteiger partial charge in [0, 0.05) is 13.0 Å². The van der Waals surface area contributed by atoms with E-state index in [4.69, 9.17) is 5.73 Å². The van der Waals surface area contributed by atoms with Gasteiger partial charge in [-0.1, -0.05) is 42.5 Å². The highest BCUT2D eigenvalue weighted by atomic mass is 16.3. The number of phenols is 1. The Morgan fingerprint density at radius 2 is 1.84 bits per heavy atom. The quantitative estimate of drug-likeness (QED) is 0.861. The fourth-order valence-corrected chi connectivity index (χ4v) is 2.13. The van der Waals surface area contributed by atoms with Crippen LogP contribution in [0.1, 0.15) is 17.0 Å². The SMILES string of the molecule is NCC(C(=O)Cc1cccc(O)c1)c1ccccc1. The van der Waals surface area contributed by atoms with Gasteiger partial charge in [0.1, 0.15) is 11.5 Å². The molecule has 0 aliphatic heterocycles. The number of carbonyl (C=O) groups excluding carboxylic acids is 1. The fourth-order valence-electron chi connectivity index (χ4n) is 2.13. The molecule has 1 atom stereocenters. The third-order valence-corrected chi connectivity index (χ3v) is 3.12. The minimum Gasteiger partial charge on any atom is -0.508 e. The molecule has 3 heteroatoms. The molecule has 19 heavy (non-hydrogen) atoms. The Morgan fingerprint density at radius 1 is 1.11 bits per heavy atom. The molecule has 0 bridgehead atoms. The number of benzene rings is 2. The van der Waals surface area contributed by atoms with E-state index in [9.17, 15) is 9.90 Å².